The Bertz CT molecular complexity index is 1170. The maximum atomic E-state index is 13.4. The second-order valence-electron chi connectivity index (χ2n) is 7.90. The smallest absolute Gasteiger partial charge is 0.333 e. The molecule has 0 unspecified atom stereocenters. The van der Waals surface area contributed by atoms with Crippen molar-refractivity contribution in [3.8, 4) is 6.07 Å². The Labute approximate surface area is 183 Å². The molecule has 10 heteroatoms. The number of aryl methyl sites for hydroxylation is 1. The van der Waals surface area contributed by atoms with Crippen molar-refractivity contribution >= 4 is 5.91 Å². The average Bonchev–Trinajstić information content (AvgIpc) is 3.16. The number of ether oxygens (including phenoxy) is 1. The van der Waals surface area contributed by atoms with Gasteiger partial charge in [0, 0.05) is 30.4 Å². The number of nitrogens with zero attached hydrogens (tertiary/aromatic N) is 3. The molecule has 1 aromatic heterocycles. The predicted octanol–water partition coefficient (Wildman–Crippen LogP) is 1.07. The lowest BCUT2D eigenvalue weighted by atomic mass is 10.0. The molecule has 0 spiro atoms. The van der Waals surface area contributed by atoms with Gasteiger partial charge in [-0.2, -0.15) is 5.26 Å². The van der Waals surface area contributed by atoms with Crippen molar-refractivity contribution < 1.29 is 19.0 Å². The molecule has 32 heavy (non-hydrogen) atoms. The van der Waals surface area contributed by atoms with E-state index in [1.54, 1.807) is 13.0 Å². The Morgan fingerprint density at radius 3 is 2.81 bits per heavy atom. The summed E-state index contributed by atoms with van der Waals surface area (Å²) in [6.07, 6.45) is 1.39. The third-order valence-corrected chi connectivity index (χ3v) is 5.59. The SMILES string of the molecule is Cc1cn([C@H]2C[C@H](C)[C@@H](CO)O2)c(=O)n(CCCNC(=O)c2ccc(F)c(C#N)c2)c1=O. The summed E-state index contributed by atoms with van der Waals surface area (Å²) in [5.74, 6) is -1.12. The molecule has 1 saturated heterocycles. The summed E-state index contributed by atoms with van der Waals surface area (Å²) >= 11 is 0. The predicted molar refractivity (Wildman–Crippen MR) is 113 cm³/mol. The zero-order valence-electron chi connectivity index (χ0n) is 17.9. The van der Waals surface area contributed by atoms with Crippen molar-refractivity contribution in [1.82, 2.24) is 14.5 Å². The van der Waals surface area contributed by atoms with Gasteiger partial charge in [-0.3, -0.25) is 18.7 Å². The Balaban J connectivity index is 1.67. The highest BCUT2D eigenvalue weighted by Gasteiger charge is 2.33. The van der Waals surface area contributed by atoms with E-state index in [1.165, 1.54) is 16.8 Å². The zero-order valence-corrected chi connectivity index (χ0v) is 17.9. The number of hydrogen-bond donors (Lipinski definition) is 2. The topological polar surface area (TPSA) is 126 Å². The second-order valence-corrected chi connectivity index (χ2v) is 7.90. The van der Waals surface area contributed by atoms with Crippen LogP contribution in [0.4, 0.5) is 4.39 Å². The molecule has 2 aromatic rings. The molecule has 170 valence electrons. The van der Waals surface area contributed by atoms with Crippen LogP contribution in [0.5, 0.6) is 0 Å². The van der Waals surface area contributed by atoms with Crippen LogP contribution in [-0.2, 0) is 11.3 Å². The lowest BCUT2D eigenvalue weighted by Crippen LogP contribution is -2.42. The van der Waals surface area contributed by atoms with Gasteiger partial charge in [-0.25, -0.2) is 9.18 Å². The van der Waals surface area contributed by atoms with Gasteiger partial charge in [0.2, 0.25) is 0 Å². The fourth-order valence-corrected chi connectivity index (χ4v) is 3.72. The van der Waals surface area contributed by atoms with Gasteiger partial charge < -0.3 is 15.2 Å². The van der Waals surface area contributed by atoms with Crippen molar-refractivity contribution in [3.63, 3.8) is 0 Å². The minimum absolute atomic E-state index is 0.0702. The van der Waals surface area contributed by atoms with Gasteiger partial charge in [0.15, 0.2) is 0 Å². The monoisotopic (exact) mass is 444 g/mol. The molecule has 9 nitrogen and oxygen atoms in total. The van der Waals surface area contributed by atoms with Gasteiger partial charge >= 0.3 is 5.69 Å². The Morgan fingerprint density at radius 1 is 1.41 bits per heavy atom. The Kier molecular flexibility index (Phi) is 7.22. The average molecular weight is 444 g/mol. The largest absolute Gasteiger partial charge is 0.394 e. The van der Waals surface area contributed by atoms with Gasteiger partial charge in [0.25, 0.3) is 11.5 Å². The Morgan fingerprint density at radius 2 is 2.16 bits per heavy atom. The van der Waals surface area contributed by atoms with Gasteiger partial charge in [0.05, 0.1) is 18.3 Å². The van der Waals surface area contributed by atoms with Crippen molar-refractivity contribution in [3.05, 3.63) is 67.7 Å². The lowest BCUT2D eigenvalue weighted by Gasteiger charge is -2.17. The lowest BCUT2D eigenvalue weighted by molar-refractivity contribution is -0.0319. The van der Waals surface area contributed by atoms with E-state index in [9.17, 15) is 23.9 Å². The van der Waals surface area contributed by atoms with Crippen LogP contribution in [0.25, 0.3) is 0 Å². The van der Waals surface area contributed by atoms with Crippen LogP contribution in [-0.4, -0.2) is 39.4 Å². The summed E-state index contributed by atoms with van der Waals surface area (Å²) in [6.45, 7) is 3.65. The fourth-order valence-electron chi connectivity index (χ4n) is 3.72. The number of amides is 1. The molecule has 0 aliphatic carbocycles. The molecule has 1 aliphatic rings. The summed E-state index contributed by atoms with van der Waals surface area (Å²) < 4.78 is 21.7. The molecular weight excluding hydrogens is 419 g/mol. The van der Waals surface area contributed by atoms with E-state index in [4.69, 9.17) is 10.00 Å². The summed E-state index contributed by atoms with van der Waals surface area (Å²) in [6, 6.07) is 5.17. The number of aliphatic hydroxyl groups excluding tert-OH is 1. The van der Waals surface area contributed by atoms with E-state index in [0.717, 1.165) is 16.7 Å². The number of hydrogen-bond acceptors (Lipinski definition) is 6. The number of halogens is 1. The van der Waals surface area contributed by atoms with Gasteiger partial charge in [-0.05, 0) is 43.9 Å². The standard InChI is InChI=1S/C22H25FN4O5/c1-13-8-19(32-18(13)12-28)27-11-14(2)21(30)26(22(27)31)7-3-6-25-20(29)15-4-5-17(23)16(9-15)10-24/h4-5,9,11,13,18-19,28H,3,6-8,12H2,1-2H3,(H,25,29)/t13-,18+,19+/m0/s1. The van der Waals surface area contributed by atoms with Crippen LogP contribution in [0.15, 0.2) is 34.0 Å². The molecule has 0 radical (unpaired) electrons. The maximum absolute atomic E-state index is 13.4. The highest BCUT2D eigenvalue weighted by Crippen LogP contribution is 2.31. The van der Waals surface area contributed by atoms with E-state index in [0.29, 0.717) is 18.4 Å². The number of rotatable bonds is 7. The van der Waals surface area contributed by atoms with E-state index < -0.39 is 29.2 Å². The molecule has 1 aliphatic heterocycles. The molecule has 2 heterocycles. The minimum atomic E-state index is -0.704. The van der Waals surface area contributed by atoms with Crippen LogP contribution in [0.2, 0.25) is 0 Å². The second kappa shape index (κ2) is 9.89. The van der Waals surface area contributed by atoms with E-state index in [1.807, 2.05) is 6.92 Å². The van der Waals surface area contributed by atoms with E-state index in [-0.39, 0.29) is 42.8 Å². The number of aromatic nitrogens is 2. The third kappa shape index (κ3) is 4.79. The highest BCUT2D eigenvalue weighted by atomic mass is 19.1. The number of nitriles is 1. The molecule has 1 amide bonds. The molecule has 1 aromatic carbocycles. The first-order chi connectivity index (χ1) is 15.3. The zero-order chi connectivity index (χ0) is 23.4. The molecule has 0 saturated carbocycles. The molecule has 1 fully saturated rings. The maximum Gasteiger partial charge on any atom is 0.333 e. The van der Waals surface area contributed by atoms with Crippen LogP contribution >= 0.6 is 0 Å². The number of carbonyl (C=O) groups excluding carboxylic acids is 1. The summed E-state index contributed by atoms with van der Waals surface area (Å²) in [5, 5.41) is 20.9. The highest BCUT2D eigenvalue weighted by molar-refractivity contribution is 5.94. The quantitative estimate of drug-likeness (QED) is 0.615. The number of aliphatic hydroxyl groups is 1. The van der Waals surface area contributed by atoms with Crippen LogP contribution in [0.3, 0.4) is 0 Å². The number of nitrogens with one attached hydrogen (secondary N) is 1. The van der Waals surface area contributed by atoms with Crippen LogP contribution < -0.4 is 16.6 Å². The summed E-state index contributed by atoms with van der Waals surface area (Å²) in [7, 11) is 0. The van der Waals surface area contributed by atoms with E-state index >= 15 is 0 Å². The van der Waals surface area contributed by atoms with Crippen molar-refractivity contribution in [2.24, 2.45) is 5.92 Å². The van der Waals surface area contributed by atoms with Crippen molar-refractivity contribution in [1.29, 1.82) is 5.26 Å². The third-order valence-electron chi connectivity index (χ3n) is 5.59. The van der Waals surface area contributed by atoms with Crippen LogP contribution in [0.1, 0.15) is 47.5 Å². The van der Waals surface area contributed by atoms with Crippen molar-refractivity contribution in [2.45, 2.75) is 45.6 Å². The van der Waals surface area contributed by atoms with Crippen molar-refractivity contribution in [2.75, 3.05) is 13.2 Å². The van der Waals surface area contributed by atoms with E-state index in [2.05, 4.69) is 5.32 Å². The number of benzene rings is 1. The van der Waals surface area contributed by atoms with Crippen LogP contribution in [0, 0.1) is 30.0 Å². The van der Waals surface area contributed by atoms with Gasteiger partial charge in [-0.1, -0.05) is 6.92 Å². The fraction of sp³-hybridized carbons (Fsp3) is 0.455. The summed E-state index contributed by atoms with van der Waals surface area (Å²) in [4.78, 5) is 37.6. The molecular formula is C22H25FN4O5. The molecule has 3 atom stereocenters. The first-order valence-corrected chi connectivity index (χ1v) is 10.3. The molecule has 0 bridgehead atoms. The summed E-state index contributed by atoms with van der Waals surface area (Å²) in [5.41, 5.74) is -0.632. The molecule has 2 N–H and O–H groups in total. The number of carbonyl (C=O) groups is 1. The van der Waals surface area contributed by atoms with Gasteiger partial charge in [0.1, 0.15) is 18.1 Å². The Hall–Kier alpha value is -3.29. The van der Waals surface area contributed by atoms with Gasteiger partial charge in [-0.15, -0.1) is 0 Å². The minimum Gasteiger partial charge on any atom is -0.394 e. The first kappa shape index (κ1) is 23.4. The normalized spacial score (nSPS) is 20.2. The molecule has 3 rings (SSSR count). The first-order valence-electron chi connectivity index (χ1n) is 10.3.